The minimum atomic E-state index is 0.479. The molecule has 0 atom stereocenters. The third kappa shape index (κ3) is 4.49. The van der Waals surface area contributed by atoms with Crippen LogP contribution in [0.4, 0.5) is 5.82 Å². The Morgan fingerprint density at radius 2 is 1.94 bits per heavy atom. The molecule has 0 radical (unpaired) electrons. The lowest BCUT2D eigenvalue weighted by molar-refractivity contribution is 0.0803. The van der Waals surface area contributed by atoms with Crippen LogP contribution in [0.3, 0.4) is 0 Å². The van der Waals surface area contributed by atoms with Gasteiger partial charge in [-0.05, 0) is 12.8 Å². The first-order chi connectivity index (χ1) is 8.54. The zero-order chi connectivity index (χ0) is 13.5. The Balaban J connectivity index is 2.48. The summed E-state index contributed by atoms with van der Waals surface area (Å²) in [5.74, 6) is 2.29. The van der Waals surface area contributed by atoms with E-state index in [2.05, 4.69) is 23.8 Å². The van der Waals surface area contributed by atoms with E-state index in [-0.39, 0.29) is 0 Å². The number of hydrogen-bond donors (Lipinski definition) is 1. The van der Waals surface area contributed by atoms with Crippen molar-refractivity contribution in [2.75, 3.05) is 25.6 Å². The second-order valence-corrected chi connectivity index (χ2v) is 4.63. The first-order valence-corrected chi connectivity index (χ1v) is 6.38. The third-order valence-electron chi connectivity index (χ3n) is 2.42. The van der Waals surface area contributed by atoms with E-state index in [1.807, 2.05) is 13.8 Å². The standard InChI is InChI=1S/C13H23N3O2/c1-5-11-15-12(14)10(4)13(16-11)18-7-6-17-8-9(2)3/h9H,5-8H2,1-4H3,(H2,14,15,16). The lowest BCUT2D eigenvalue weighted by atomic mass is 10.2. The van der Waals surface area contributed by atoms with E-state index in [0.717, 1.165) is 18.6 Å². The van der Waals surface area contributed by atoms with Crippen molar-refractivity contribution >= 4 is 5.82 Å². The molecule has 0 spiro atoms. The maximum atomic E-state index is 5.80. The van der Waals surface area contributed by atoms with Crippen LogP contribution in [0, 0.1) is 12.8 Å². The maximum absolute atomic E-state index is 5.80. The summed E-state index contributed by atoms with van der Waals surface area (Å²) < 4.78 is 11.0. The predicted octanol–water partition coefficient (Wildman–Crippen LogP) is 1.98. The summed E-state index contributed by atoms with van der Waals surface area (Å²) in [7, 11) is 0. The van der Waals surface area contributed by atoms with Gasteiger partial charge in [0.05, 0.1) is 12.2 Å². The van der Waals surface area contributed by atoms with Crippen LogP contribution in [0.15, 0.2) is 0 Å². The quantitative estimate of drug-likeness (QED) is 0.752. The fraction of sp³-hybridized carbons (Fsp3) is 0.692. The molecule has 0 amide bonds. The molecule has 1 heterocycles. The summed E-state index contributed by atoms with van der Waals surface area (Å²) >= 11 is 0. The Hall–Kier alpha value is -1.36. The van der Waals surface area contributed by atoms with Crippen LogP contribution in [-0.2, 0) is 11.2 Å². The average molecular weight is 253 g/mol. The molecule has 0 aliphatic rings. The van der Waals surface area contributed by atoms with E-state index >= 15 is 0 Å². The summed E-state index contributed by atoms with van der Waals surface area (Å²) in [5, 5.41) is 0. The number of rotatable bonds is 7. The topological polar surface area (TPSA) is 70.3 Å². The van der Waals surface area contributed by atoms with E-state index in [9.17, 15) is 0 Å². The van der Waals surface area contributed by atoms with Crippen molar-refractivity contribution in [1.29, 1.82) is 0 Å². The van der Waals surface area contributed by atoms with Gasteiger partial charge in [0.1, 0.15) is 18.2 Å². The van der Waals surface area contributed by atoms with Crippen molar-refractivity contribution in [2.45, 2.75) is 34.1 Å². The summed E-state index contributed by atoms with van der Waals surface area (Å²) in [5.41, 5.74) is 6.59. The molecule has 5 nitrogen and oxygen atoms in total. The second-order valence-electron chi connectivity index (χ2n) is 4.63. The molecule has 0 aromatic carbocycles. The average Bonchev–Trinajstić information content (AvgIpc) is 2.33. The highest BCUT2D eigenvalue weighted by molar-refractivity contribution is 5.44. The Labute approximate surface area is 109 Å². The summed E-state index contributed by atoms with van der Waals surface area (Å²) in [6, 6.07) is 0. The van der Waals surface area contributed by atoms with E-state index < -0.39 is 0 Å². The zero-order valence-electron chi connectivity index (χ0n) is 11.7. The second kappa shape index (κ2) is 7.16. The van der Waals surface area contributed by atoms with Crippen LogP contribution in [0.5, 0.6) is 5.88 Å². The number of hydrogen-bond acceptors (Lipinski definition) is 5. The van der Waals surface area contributed by atoms with Gasteiger partial charge < -0.3 is 15.2 Å². The molecular formula is C13H23N3O2. The van der Waals surface area contributed by atoms with Gasteiger partial charge in [-0.25, -0.2) is 4.98 Å². The van der Waals surface area contributed by atoms with Crippen molar-refractivity contribution in [3.8, 4) is 5.88 Å². The van der Waals surface area contributed by atoms with Gasteiger partial charge in [0, 0.05) is 13.0 Å². The molecule has 0 saturated carbocycles. The van der Waals surface area contributed by atoms with Gasteiger partial charge in [-0.1, -0.05) is 20.8 Å². The molecule has 0 fully saturated rings. The minimum absolute atomic E-state index is 0.479. The van der Waals surface area contributed by atoms with Crippen molar-refractivity contribution in [3.63, 3.8) is 0 Å². The Morgan fingerprint density at radius 3 is 2.56 bits per heavy atom. The van der Waals surface area contributed by atoms with Crippen LogP contribution in [0.2, 0.25) is 0 Å². The lowest BCUT2D eigenvalue weighted by Gasteiger charge is -2.11. The van der Waals surface area contributed by atoms with Crippen molar-refractivity contribution < 1.29 is 9.47 Å². The highest BCUT2D eigenvalue weighted by atomic mass is 16.5. The summed E-state index contributed by atoms with van der Waals surface area (Å²) in [4.78, 5) is 8.49. The van der Waals surface area contributed by atoms with Gasteiger partial charge >= 0.3 is 0 Å². The lowest BCUT2D eigenvalue weighted by Crippen LogP contribution is -2.13. The predicted molar refractivity (Wildman–Crippen MR) is 71.7 cm³/mol. The largest absolute Gasteiger partial charge is 0.475 e. The molecule has 0 unspecified atom stereocenters. The first kappa shape index (κ1) is 14.7. The van der Waals surface area contributed by atoms with Crippen LogP contribution in [-0.4, -0.2) is 29.8 Å². The Bertz CT molecular complexity index is 381. The van der Waals surface area contributed by atoms with Gasteiger partial charge in [0.2, 0.25) is 5.88 Å². The van der Waals surface area contributed by atoms with Crippen LogP contribution in [0.25, 0.3) is 0 Å². The molecular weight excluding hydrogens is 230 g/mol. The number of aryl methyl sites for hydroxylation is 1. The van der Waals surface area contributed by atoms with E-state index in [1.54, 1.807) is 0 Å². The molecule has 0 aliphatic heterocycles. The van der Waals surface area contributed by atoms with Gasteiger partial charge in [-0.15, -0.1) is 0 Å². The number of aromatic nitrogens is 2. The van der Waals surface area contributed by atoms with Crippen molar-refractivity contribution in [1.82, 2.24) is 9.97 Å². The molecule has 1 aromatic heterocycles. The van der Waals surface area contributed by atoms with Gasteiger partial charge in [0.25, 0.3) is 0 Å². The van der Waals surface area contributed by atoms with Crippen LogP contribution < -0.4 is 10.5 Å². The molecule has 102 valence electrons. The normalized spacial score (nSPS) is 10.9. The van der Waals surface area contributed by atoms with Gasteiger partial charge in [-0.2, -0.15) is 4.98 Å². The zero-order valence-corrected chi connectivity index (χ0v) is 11.7. The van der Waals surface area contributed by atoms with Crippen LogP contribution in [0.1, 0.15) is 32.2 Å². The maximum Gasteiger partial charge on any atom is 0.221 e. The first-order valence-electron chi connectivity index (χ1n) is 6.38. The molecule has 1 aromatic rings. The molecule has 0 aliphatic carbocycles. The molecule has 2 N–H and O–H groups in total. The smallest absolute Gasteiger partial charge is 0.221 e. The summed E-state index contributed by atoms with van der Waals surface area (Å²) in [6.07, 6.45) is 0.741. The van der Waals surface area contributed by atoms with E-state index in [1.165, 1.54) is 0 Å². The van der Waals surface area contributed by atoms with E-state index in [4.69, 9.17) is 15.2 Å². The fourth-order valence-corrected chi connectivity index (χ4v) is 1.37. The number of nitrogens with zero attached hydrogens (tertiary/aromatic N) is 2. The fourth-order valence-electron chi connectivity index (χ4n) is 1.37. The highest BCUT2D eigenvalue weighted by Gasteiger charge is 2.08. The number of nitrogens with two attached hydrogens (primary N) is 1. The van der Waals surface area contributed by atoms with Gasteiger partial charge in [0.15, 0.2) is 0 Å². The van der Waals surface area contributed by atoms with E-state index in [0.29, 0.717) is 36.7 Å². The summed E-state index contributed by atoms with van der Waals surface area (Å²) in [6.45, 7) is 9.86. The molecule has 1 rings (SSSR count). The number of anilines is 1. The van der Waals surface area contributed by atoms with Crippen LogP contribution >= 0.6 is 0 Å². The number of nitrogen functional groups attached to an aromatic ring is 1. The molecule has 0 saturated heterocycles. The molecule has 5 heteroatoms. The van der Waals surface area contributed by atoms with Crippen molar-refractivity contribution in [2.24, 2.45) is 5.92 Å². The molecule has 18 heavy (non-hydrogen) atoms. The Morgan fingerprint density at radius 1 is 1.22 bits per heavy atom. The minimum Gasteiger partial charge on any atom is -0.475 e. The monoisotopic (exact) mass is 253 g/mol. The number of ether oxygens (including phenoxy) is 2. The highest BCUT2D eigenvalue weighted by Crippen LogP contribution is 2.19. The third-order valence-corrected chi connectivity index (χ3v) is 2.42. The molecule has 0 bridgehead atoms. The van der Waals surface area contributed by atoms with Gasteiger partial charge in [-0.3, -0.25) is 0 Å². The van der Waals surface area contributed by atoms with Crippen molar-refractivity contribution in [3.05, 3.63) is 11.4 Å². The SMILES string of the molecule is CCc1nc(N)c(C)c(OCCOCC(C)C)n1. The Kier molecular flexibility index (Phi) is 5.85.